The molecule has 0 spiro atoms. The minimum absolute atomic E-state index is 0.0603. The molecule has 2 aromatic rings. The standard InChI is InChI=1S/C16H16N4/c1-20-16-12-7-3-2-6-11(12)10-17-14-9-5-4-8-13(14)15(16)18-19-20/h2-9,15-17H,10H2,1H3. The first-order valence-electron chi connectivity index (χ1n) is 6.89. The number of hydrogen-bond acceptors (Lipinski definition) is 4. The molecule has 100 valence electrons. The van der Waals surface area contributed by atoms with Gasteiger partial charge in [0, 0.05) is 24.8 Å². The lowest BCUT2D eigenvalue weighted by atomic mass is 9.88. The second kappa shape index (κ2) is 4.34. The summed E-state index contributed by atoms with van der Waals surface area (Å²) in [5.74, 6) is 0. The molecule has 4 nitrogen and oxygen atoms in total. The average Bonchev–Trinajstić information content (AvgIpc) is 2.85. The lowest BCUT2D eigenvalue weighted by Gasteiger charge is -2.29. The van der Waals surface area contributed by atoms with Gasteiger partial charge in [0.15, 0.2) is 0 Å². The zero-order chi connectivity index (χ0) is 13.5. The van der Waals surface area contributed by atoms with Crippen LogP contribution in [-0.4, -0.2) is 12.1 Å². The molecule has 0 saturated carbocycles. The van der Waals surface area contributed by atoms with E-state index in [1.165, 1.54) is 16.7 Å². The zero-order valence-electron chi connectivity index (χ0n) is 11.3. The minimum atomic E-state index is 0.0603. The summed E-state index contributed by atoms with van der Waals surface area (Å²) < 4.78 is 0. The number of likely N-dealkylation sites (N-methyl/N-ethyl adjacent to an activating group) is 1. The van der Waals surface area contributed by atoms with Gasteiger partial charge in [0.2, 0.25) is 0 Å². The van der Waals surface area contributed by atoms with Crippen LogP contribution in [0.3, 0.4) is 0 Å². The van der Waals surface area contributed by atoms with Crippen molar-refractivity contribution in [3.05, 3.63) is 65.2 Å². The van der Waals surface area contributed by atoms with Crippen molar-refractivity contribution in [1.29, 1.82) is 0 Å². The third kappa shape index (κ3) is 1.61. The van der Waals surface area contributed by atoms with E-state index in [0.29, 0.717) is 0 Å². The number of benzene rings is 2. The molecule has 4 heteroatoms. The minimum Gasteiger partial charge on any atom is -0.381 e. The predicted molar refractivity (Wildman–Crippen MR) is 78.3 cm³/mol. The zero-order valence-corrected chi connectivity index (χ0v) is 11.3. The Kier molecular flexibility index (Phi) is 2.49. The monoisotopic (exact) mass is 264 g/mol. The summed E-state index contributed by atoms with van der Waals surface area (Å²) in [4.78, 5) is 0. The largest absolute Gasteiger partial charge is 0.381 e. The Bertz CT molecular complexity index is 680. The van der Waals surface area contributed by atoms with Gasteiger partial charge in [-0.3, -0.25) is 5.01 Å². The number of nitrogens with zero attached hydrogens (tertiary/aromatic N) is 3. The Morgan fingerprint density at radius 3 is 2.70 bits per heavy atom. The topological polar surface area (TPSA) is 40.0 Å². The quantitative estimate of drug-likeness (QED) is 0.788. The Morgan fingerprint density at radius 1 is 1.05 bits per heavy atom. The molecule has 2 unspecified atom stereocenters. The smallest absolute Gasteiger partial charge is 0.126 e. The Morgan fingerprint density at radius 2 is 1.80 bits per heavy atom. The highest BCUT2D eigenvalue weighted by molar-refractivity contribution is 5.56. The van der Waals surface area contributed by atoms with Crippen LogP contribution in [0, 0.1) is 0 Å². The summed E-state index contributed by atoms with van der Waals surface area (Å²) in [6.07, 6.45) is 0. The molecule has 0 fully saturated rings. The molecular weight excluding hydrogens is 248 g/mol. The number of para-hydroxylation sites is 1. The third-order valence-corrected chi connectivity index (χ3v) is 4.14. The van der Waals surface area contributed by atoms with Crippen LogP contribution in [0.1, 0.15) is 28.8 Å². The van der Waals surface area contributed by atoms with E-state index in [4.69, 9.17) is 0 Å². The molecule has 2 atom stereocenters. The Labute approximate surface area is 118 Å². The van der Waals surface area contributed by atoms with Crippen LogP contribution in [0.4, 0.5) is 5.69 Å². The van der Waals surface area contributed by atoms with E-state index in [-0.39, 0.29) is 12.1 Å². The number of nitrogens with one attached hydrogen (secondary N) is 1. The summed E-state index contributed by atoms with van der Waals surface area (Å²) >= 11 is 0. The molecule has 2 aromatic carbocycles. The van der Waals surface area contributed by atoms with Crippen LogP contribution in [0.5, 0.6) is 0 Å². The van der Waals surface area contributed by atoms with Gasteiger partial charge in [0.1, 0.15) is 12.1 Å². The van der Waals surface area contributed by atoms with Crippen LogP contribution in [-0.2, 0) is 6.54 Å². The highest BCUT2D eigenvalue weighted by Crippen LogP contribution is 2.45. The van der Waals surface area contributed by atoms with Crippen LogP contribution < -0.4 is 5.32 Å². The second-order valence-electron chi connectivity index (χ2n) is 5.31. The van der Waals surface area contributed by atoms with E-state index in [1.807, 2.05) is 12.1 Å². The van der Waals surface area contributed by atoms with Gasteiger partial charge >= 0.3 is 0 Å². The van der Waals surface area contributed by atoms with E-state index in [1.54, 1.807) is 0 Å². The molecule has 0 aromatic heterocycles. The van der Waals surface area contributed by atoms with Gasteiger partial charge in [0.25, 0.3) is 0 Å². The van der Waals surface area contributed by atoms with Crippen molar-refractivity contribution >= 4 is 5.69 Å². The lowest BCUT2D eigenvalue weighted by molar-refractivity contribution is 0.273. The SMILES string of the molecule is CN1N=NC2c3ccccc3NCc3ccccc3C21. The van der Waals surface area contributed by atoms with E-state index >= 15 is 0 Å². The van der Waals surface area contributed by atoms with E-state index in [0.717, 1.165) is 12.2 Å². The van der Waals surface area contributed by atoms with Gasteiger partial charge in [-0.25, -0.2) is 0 Å². The van der Waals surface area contributed by atoms with Gasteiger partial charge in [-0.15, -0.1) is 0 Å². The number of anilines is 1. The van der Waals surface area contributed by atoms with Crippen molar-refractivity contribution in [2.45, 2.75) is 18.6 Å². The second-order valence-corrected chi connectivity index (χ2v) is 5.31. The van der Waals surface area contributed by atoms with Crippen molar-refractivity contribution in [1.82, 2.24) is 5.01 Å². The molecule has 20 heavy (non-hydrogen) atoms. The fourth-order valence-corrected chi connectivity index (χ4v) is 3.15. The van der Waals surface area contributed by atoms with Crippen molar-refractivity contribution in [2.75, 3.05) is 12.4 Å². The fourth-order valence-electron chi connectivity index (χ4n) is 3.15. The fraction of sp³-hybridized carbons (Fsp3) is 0.250. The van der Waals surface area contributed by atoms with Crippen LogP contribution in [0.15, 0.2) is 58.9 Å². The summed E-state index contributed by atoms with van der Waals surface area (Å²) in [7, 11) is 2.00. The Hall–Kier alpha value is -2.36. The van der Waals surface area contributed by atoms with Crippen LogP contribution >= 0.6 is 0 Å². The average molecular weight is 264 g/mol. The Balaban J connectivity index is 1.91. The number of rotatable bonds is 0. The van der Waals surface area contributed by atoms with E-state index < -0.39 is 0 Å². The van der Waals surface area contributed by atoms with Gasteiger partial charge < -0.3 is 5.32 Å². The maximum Gasteiger partial charge on any atom is 0.126 e. The highest BCUT2D eigenvalue weighted by Gasteiger charge is 2.36. The molecule has 1 N–H and O–H groups in total. The molecule has 2 heterocycles. The summed E-state index contributed by atoms with van der Waals surface area (Å²) in [6, 6.07) is 17.2. The van der Waals surface area contributed by atoms with Gasteiger partial charge in [-0.1, -0.05) is 47.7 Å². The highest BCUT2D eigenvalue weighted by atomic mass is 15.6. The normalized spacial score (nSPS) is 23.1. The maximum absolute atomic E-state index is 4.49. The molecule has 0 bridgehead atoms. The summed E-state index contributed by atoms with van der Waals surface area (Å²) in [6.45, 7) is 0.838. The van der Waals surface area contributed by atoms with Crippen molar-refractivity contribution in [3.8, 4) is 0 Å². The van der Waals surface area contributed by atoms with Gasteiger partial charge in [-0.2, -0.15) is 5.11 Å². The number of hydrogen-bond donors (Lipinski definition) is 1. The maximum atomic E-state index is 4.49. The molecule has 0 aliphatic carbocycles. The molecule has 0 radical (unpaired) electrons. The first-order chi connectivity index (χ1) is 9.84. The van der Waals surface area contributed by atoms with E-state index in [9.17, 15) is 0 Å². The van der Waals surface area contributed by atoms with Crippen LogP contribution in [0.25, 0.3) is 0 Å². The summed E-state index contributed by atoms with van der Waals surface area (Å²) in [5, 5.41) is 14.3. The van der Waals surface area contributed by atoms with Gasteiger partial charge in [-0.05, 0) is 17.2 Å². The molecule has 0 amide bonds. The molecule has 0 saturated heterocycles. The summed E-state index contributed by atoms with van der Waals surface area (Å²) in [5.41, 5.74) is 5.01. The first kappa shape index (κ1) is 11.5. The van der Waals surface area contributed by atoms with Crippen molar-refractivity contribution in [2.24, 2.45) is 10.3 Å². The molecule has 2 aliphatic rings. The molecule has 4 rings (SSSR count). The first-order valence-corrected chi connectivity index (χ1v) is 6.89. The van der Waals surface area contributed by atoms with Crippen LogP contribution in [0.2, 0.25) is 0 Å². The van der Waals surface area contributed by atoms with E-state index in [2.05, 4.69) is 64.2 Å². The third-order valence-electron chi connectivity index (χ3n) is 4.14. The predicted octanol–water partition coefficient (Wildman–Crippen LogP) is 3.71. The lowest BCUT2D eigenvalue weighted by Crippen LogP contribution is -2.23. The van der Waals surface area contributed by atoms with Crippen molar-refractivity contribution < 1.29 is 0 Å². The number of fused-ring (bicyclic) bond motifs is 5. The van der Waals surface area contributed by atoms with Gasteiger partial charge in [0.05, 0.1) is 0 Å². The molecule has 2 aliphatic heterocycles. The molecular formula is C16H16N4. The van der Waals surface area contributed by atoms with Crippen molar-refractivity contribution in [3.63, 3.8) is 0 Å².